The summed E-state index contributed by atoms with van der Waals surface area (Å²) in [6.45, 7) is 4.51. The molecule has 0 aliphatic carbocycles. The summed E-state index contributed by atoms with van der Waals surface area (Å²) >= 11 is 0. The Kier molecular flexibility index (Phi) is 5.31. The first-order chi connectivity index (χ1) is 12.1. The SMILES string of the molecule is COc1ccc(-c2cc(C(=O)N3CCOCC3)c(CN)c(C)n2)cc1. The van der Waals surface area contributed by atoms with Crippen molar-refractivity contribution in [3.63, 3.8) is 0 Å². The molecule has 0 unspecified atom stereocenters. The summed E-state index contributed by atoms with van der Waals surface area (Å²) in [7, 11) is 1.63. The molecule has 0 saturated carbocycles. The summed E-state index contributed by atoms with van der Waals surface area (Å²) < 4.78 is 10.5. The number of hydrogen-bond donors (Lipinski definition) is 1. The van der Waals surface area contributed by atoms with Gasteiger partial charge in [-0.2, -0.15) is 0 Å². The van der Waals surface area contributed by atoms with Crippen molar-refractivity contribution in [1.82, 2.24) is 9.88 Å². The largest absolute Gasteiger partial charge is 0.497 e. The maximum atomic E-state index is 13.0. The highest BCUT2D eigenvalue weighted by atomic mass is 16.5. The van der Waals surface area contributed by atoms with Gasteiger partial charge in [0.05, 0.1) is 26.0 Å². The minimum absolute atomic E-state index is 0.0102. The van der Waals surface area contributed by atoms with Gasteiger partial charge in [-0.3, -0.25) is 9.78 Å². The number of carbonyl (C=O) groups is 1. The summed E-state index contributed by atoms with van der Waals surface area (Å²) in [6, 6.07) is 9.48. The van der Waals surface area contributed by atoms with Gasteiger partial charge in [-0.25, -0.2) is 0 Å². The van der Waals surface area contributed by atoms with Crippen molar-refractivity contribution in [1.29, 1.82) is 0 Å². The number of nitrogens with zero attached hydrogens (tertiary/aromatic N) is 2. The fourth-order valence-corrected chi connectivity index (χ4v) is 2.99. The Morgan fingerprint density at radius 3 is 2.56 bits per heavy atom. The number of pyridine rings is 1. The smallest absolute Gasteiger partial charge is 0.254 e. The van der Waals surface area contributed by atoms with E-state index in [1.165, 1.54) is 0 Å². The summed E-state index contributed by atoms with van der Waals surface area (Å²) in [5.74, 6) is 0.771. The van der Waals surface area contributed by atoms with E-state index in [1.807, 2.05) is 42.2 Å². The van der Waals surface area contributed by atoms with Gasteiger partial charge in [0.25, 0.3) is 5.91 Å². The number of aryl methyl sites for hydroxylation is 1. The Labute approximate surface area is 147 Å². The second-order valence-electron chi connectivity index (χ2n) is 5.96. The van der Waals surface area contributed by atoms with Gasteiger partial charge >= 0.3 is 0 Å². The average molecular weight is 341 g/mol. The molecule has 2 heterocycles. The predicted molar refractivity (Wildman–Crippen MR) is 95.6 cm³/mol. The second-order valence-corrected chi connectivity index (χ2v) is 5.96. The van der Waals surface area contributed by atoms with E-state index in [9.17, 15) is 4.79 Å². The monoisotopic (exact) mass is 341 g/mol. The van der Waals surface area contributed by atoms with Crippen LogP contribution in [0.25, 0.3) is 11.3 Å². The normalized spacial score (nSPS) is 14.4. The topological polar surface area (TPSA) is 77.7 Å². The van der Waals surface area contributed by atoms with Gasteiger partial charge in [-0.1, -0.05) is 0 Å². The van der Waals surface area contributed by atoms with Crippen LogP contribution < -0.4 is 10.5 Å². The zero-order valence-corrected chi connectivity index (χ0v) is 14.6. The number of methoxy groups -OCH3 is 1. The van der Waals surface area contributed by atoms with Gasteiger partial charge in [0.15, 0.2) is 0 Å². The molecule has 6 nitrogen and oxygen atoms in total. The number of amides is 1. The Bertz CT molecular complexity index is 753. The maximum Gasteiger partial charge on any atom is 0.254 e. The number of aromatic nitrogens is 1. The lowest BCUT2D eigenvalue weighted by Gasteiger charge is -2.28. The lowest BCUT2D eigenvalue weighted by atomic mass is 10.0. The molecule has 0 atom stereocenters. The third-order valence-corrected chi connectivity index (χ3v) is 4.45. The number of carbonyl (C=O) groups excluding carboxylic acids is 1. The van der Waals surface area contributed by atoms with Gasteiger partial charge in [0.2, 0.25) is 0 Å². The van der Waals surface area contributed by atoms with E-state index in [1.54, 1.807) is 7.11 Å². The zero-order valence-electron chi connectivity index (χ0n) is 14.6. The average Bonchev–Trinajstić information content (AvgIpc) is 2.67. The van der Waals surface area contributed by atoms with E-state index in [2.05, 4.69) is 4.98 Å². The third-order valence-electron chi connectivity index (χ3n) is 4.45. The van der Waals surface area contributed by atoms with Crippen molar-refractivity contribution >= 4 is 5.91 Å². The standard InChI is InChI=1S/C19H23N3O3/c1-13-17(12-20)16(19(23)22-7-9-25-10-8-22)11-18(21-13)14-3-5-15(24-2)6-4-14/h3-6,11H,7-10,12,20H2,1-2H3. The van der Waals surface area contributed by atoms with Crippen LogP contribution in [0.4, 0.5) is 0 Å². The molecule has 1 saturated heterocycles. The molecular formula is C19H23N3O3. The van der Waals surface area contributed by atoms with E-state index >= 15 is 0 Å². The number of hydrogen-bond acceptors (Lipinski definition) is 5. The third kappa shape index (κ3) is 3.65. The Balaban J connectivity index is 2.00. The van der Waals surface area contributed by atoms with Crippen molar-refractivity contribution in [2.24, 2.45) is 5.73 Å². The number of benzene rings is 1. The van der Waals surface area contributed by atoms with Crippen LogP contribution in [-0.2, 0) is 11.3 Å². The van der Waals surface area contributed by atoms with Crippen molar-refractivity contribution in [3.8, 4) is 17.0 Å². The molecule has 0 bridgehead atoms. The molecule has 6 heteroatoms. The lowest BCUT2D eigenvalue weighted by molar-refractivity contribution is 0.0302. The summed E-state index contributed by atoms with van der Waals surface area (Å²) in [5.41, 5.74) is 9.80. The van der Waals surface area contributed by atoms with Crippen molar-refractivity contribution in [3.05, 3.63) is 47.2 Å². The highest BCUT2D eigenvalue weighted by Gasteiger charge is 2.23. The number of nitrogens with two attached hydrogens (primary N) is 1. The van der Waals surface area contributed by atoms with Crippen LogP contribution in [0.3, 0.4) is 0 Å². The summed E-state index contributed by atoms with van der Waals surface area (Å²) in [4.78, 5) is 19.4. The molecule has 0 radical (unpaired) electrons. The van der Waals surface area contributed by atoms with Crippen LogP contribution in [-0.4, -0.2) is 49.2 Å². The Hall–Kier alpha value is -2.44. The highest BCUT2D eigenvalue weighted by Crippen LogP contribution is 2.25. The molecule has 0 spiro atoms. The quantitative estimate of drug-likeness (QED) is 0.920. The van der Waals surface area contributed by atoms with Crippen LogP contribution in [0.1, 0.15) is 21.6 Å². The minimum Gasteiger partial charge on any atom is -0.497 e. The van der Waals surface area contributed by atoms with E-state index in [-0.39, 0.29) is 12.5 Å². The highest BCUT2D eigenvalue weighted by molar-refractivity contribution is 5.97. The molecule has 1 aliphatic rings. The summed E-state index contributed by atoms with van der Waals surface area (Å²) in [6.07, 6.45) is 0. The zero-order chi connectivity index (χ0) is 17.8. The van der Waals surface area contributed by atoms with Crippen LogP contribution in [0.15, 0.2) is 30.3 Å². The molecule has 132 valence electrons. The van der Waals surface area contributed by atoms with Crippen LogP contribution >= 0.6 is 0 Å². The first-order valence-electron chi connectivity index (χ1n) is 8.36. The molecule has 2 N–H and O–H groups in total. The second kappa shape index (κ2) is 7.63. The fourth-order valence-electron chi connectivity index (χ4n) is 2.99. The minimum atomic E-state index is -0.0102. The molecule has 1 aromatic heterocycles. The molecule has 1 aliphatic heterocycles. The fraction of sp³-hybridized carbons (Fsp3) is 0.368. The molecule has 1 aromatic carbocycles. The first kappa shape index (κ1) is 17.4. The van der Waals surface area contributed by atoms with E-state index in [4.69, 9.17) is 15.2 Å². The Morgan fingerprint density at radius 2 is 1.96 bits per heavy atom. The van der Waals surface area contributed by atoms with Crippen molar-refractivity contribution in [2.75, 3.05) is 33.4 Å². The van der Waals surface area contributed by atoms with E-state index in [0.29, 0.717) is 31.9 Å². The summed E-state index contributed by atoms with van der Waals surface area (Å²) in [5, 5.41) is 0. The molecule has 25 heavy (non-hydrogen) atoms. The molecule has 1 fully saturated rings. The molecular weight excluding hydrogens is 318 g/mol. The lowest BCUT2D eigenvalue weighted by Crippen LogP contribution is -2.41. The number of rotatable bonds is 4. The van der Waals surface area contributed by atoms with Gasteiger partial charge in [0.1, 0.15) is 5.75 Å². The van der Waals surface area contributed by atoms with Gasteiger partial charge in [-0.15, -0.1) is 0 Å². The van der Waals surface area contributed by atoms with Gasteiger partial charge < -0.3 is 20.1 Å². The van der Waals surface area contributed by atoms with Gasteiger partial charge in [-0.05, 0) is 42.8 Å². The number of morpholine rings is 1. The first-order valence-corrected chi connectivity index (χ1v) is 8.36. The Morgan fingerprint density at radius 1 is 1.28 bits per heavy atom. The predicted octanol–water partition coefficient (Wildman–Crippen LogP) is 2.00. The molecule has 1 amide bonds. The maximum absolute atomic E-state index is 13.0. The van der Waals surface area contributed by atoms with E-state index < -0.39 is 0 Å². The van der Waals surface area contributed by atoms with Crippen LogP contribution in [0.2, 0.25) is 0 Å². The number of ether oxygens (including phenoxy) is 2. The van der Waals surface area contributed by atoms with Crippen molar-refractivity contribution < 1.29 is 14.3 Å². The van der Waals surface area contributed by atoms with Crippen LogP contribution in [0, 0.1) is 6.92 Å². The molecule has 3 rings (SSSR count). The van der Waals surface area contributed by atoms with Crippen molar-refractivity contribution in [2.45, 2.75) is 13.5 Å². The molecule has 2 aromatic rings. The van der Waals surface area contributed by atoms with E-state index in [0.717, 1.165) is 28.3 Å². The van der Waals surface area contributed by atoms with Crippen LogP contribution in [0.5, 0.6) is 5.75 Å². The van der Waals surface area contributed by atoms with Gasteiger partial charge in [0, 0.05) is 36.5 Å².